The van der Waals surface area contributed by atoms with Crippen LogP contribution in [0.25, 0.3) is 0 Å². The highest BCUT2D eigenvalue weighted by Crippen LogP contribution is 2.23. The van der Waals surface area contributed by atoms with E-state index in [9.17, 15) is 14.4 Å². The SMILES string of the molecule is CC1CCC(C(N)=O)CN1C(=O)c1cnc(C(=O)O)cn1. The van der Waals surface area contributed by atoms with Gasteiger partial charge in [0.25, 0.3) is 5.91 Å². The summed E-state index contributed by atoms with van der Waals surface area (Å²) in [6.07, 6.45) is 3.51. The smallest absolute Gasteiger partial charge is 0.356 e. The van der Waals surface area contributed by atoms with E-state index in [4.69, 9.17) is 10.8 Å². The van der Waals surface area contributed by atoms with Gasteiger partial charge in [0, 0.05) is 12.6 Å². The molecule has 1 saturated heterocycles. The number of hydrogen-bond donors (Lipinski definition) is 2. The summed E-state index contributed by atoms with van der Waals surface area (Å²) in [7, 11) is 0. The molecule has 0 saturated carbocycles. The van der Waals surface area contributed by atoms with Crippen molar-refractivity contribution in [1.82, 2.24) is 14.9 Å². The molecule has 1 aromatic heterocycles. The van der Waals surface area contributed by atoms with Gasteiger partial charge >= 0.3 is 5.97 Å². The lowest BCUT2D eigenvalue weighted by molar-refractivity contribution is -0.123. The average Bonchev–Trinajstić information content (AvgIpc) is 2.47. The summed E-state index contributed by atoms with van der Waals surface area (Å²) < 4.78 is 0. The Morgan fingerprint density at radius 3 is 2.38 bits per heavy atom. The quantitative estimate of drug-likeness (QED) is 0.801. The Bertz CT molecular complexity index is 572. The second kappa shape index (κ2) is 5.86. The molecule has 2 atom stereocenters. The molecule has 0 aliphatic carbocycles. The Morgan fingerprint density at radius 2 is 1.86 bits per heavy atom. The Balaban J connectivity index is 2.17. The first kappa shape index (κ1) is 14.9. The van der Waals surface area contributed by atoms with Crippen LogP contribution in [0, 0.1) is 5.92 Å². The minimum Gasteiger partial charge on any atom is -0.476 e. The number of carboxylic acids is 1. The standard InChI is InChI=1S/C13H16N4O4/c1-7-2-3-8(11(14)18)6-17(7)12(19)9-4-16-10(5-15-9)13(20)21/h4-5,7-8H,2-3,6H2,1H3,(H2,14,18)(H,20,21). The van der Waals surface area contributed by atoms with E-state index in [0.29, 0.717) is 12.8 Å². The number of carbonyl (C=O) groups excluding carboxylic acids is 2. The van der Waals surface area contributed by atoms with Crippen LogP contribution in [0.1, 0.15) is 40.7 Å². The predicted molar refractivity (Wildman–Crippen MR) is 71.4 cm³/mol. The fourth-order valence-electron chi connectivity index (χ4n) is 2.32. The van der Waals surface area contributed by atoms with Crippen molar-refractivity contribution in [3.63, 3.8) is 0 Å². The van der Waals surface area contributed by atoms with E-state index in [0.717, 1.165) is 12.4 Å². The van der Waals surface area contributed by atoms with Gasteiger partial charge in [-0.3, -0.25) is 9.59 Å². The number of hydrogen-bond acceptors (Lipinski definition) is 5. The number of nitrogens with zero attached hydrogens (tertiary/aromatic N) is 3. The van der Waals surface area contributed by atoms with Crippen molar-refractivity contribution >= 4 is 17.8 Å². The second-order valence-corrected chi connectivity index (χ2v) is 5.08. The number of aromatic carboxylic acids is 1. The van der Waals surface area contributed by atoms with Gasteiger partial charge in [0.1, 0.15) is 5.69 Å². The first-order valence-corrected chi connectivity index (χ1v) is 6.55. The lowest BCUT2D eigenvalue weighted by Gasteiger charge is -2.36. The molecule has 2 heterocycles. The summed E-state index contributed by atoms with van der Waals surface area (Å²) in [6.45, 7) is 2.13. The molecule has 2 rings (SSSR count). The second-order valence-electron chi connectivity index (χ2n) is 5.08. The molecule has 8 heteroatoms. The van der Waals surface area contributed by atoms with E-state index >= 15 is 0 Å². The van der Waals surface area contributed by atoms with Gasteiger partial charge in [-0.05, 0) is 19.8 Å². The van der Waals surface area contributed by atoms with Gasteiger partial charge in [0.15, 0.2) is 5.69 Å². The summed E-state index contributed by atoms with van der Waals surface area (Å²) in [4.78, 5) is 43.4. The van der Waals surface area contributed by atoms with Crippen LogP contribution in [0.5, 0.6) is 0 Å². The topological polar surface area (TPSA) is 126 Å². The van der Waals surface area contributed by atoms with Crippen molar-refractivity contribution in [3.8, 4) is 0 Å². The number of piperidine rings is 1. The summed E-state index contributed by atoms with van der Waals surface area (Å²) in [5.41, 5.74) is 5.12. The minimum absolute atomic E-state index is 0.0333. The third kappa shape index (κ3) is 3.15. The number of primary amides is 1. The van der Waals surface area contributed by atoms with Crippen LogP contribution in [0.3, 0.4) is 0 Å². The predicted octanol–water partition coefficient (Wildman–Crippen LogP) is -0.0992. The van der Waals surface area contributed by atoms with E-state index < -0.39 is 11.9 Å². The van der Waals surface area contributed by atoms with E-state index in [1.54, 1.807) is 0 Å². The van der Waals surface area contributed by atoms with Crippen molar-refractivity contribution < 1.29 is 19.5 Å². The molecule has 112 valence electrons. The van der Waals surface area contributed by atoms with Crippen LogP contribution in [0.4, 0.5) is 0 Å². The van der Waals surface area contributed by atoms with E-state index in [2.05, 4.69) is 9.97 Å². The average molecular weight is 292 g/mol. The monoisotopic (exact) mass is 292 g/mol. The number of carbonyl (C=O) groups is 3. The van der Waals surface area contributed by atoms with Gasteiger partial charge in [0.05, 0.1) is 18.3 Å². The van der Waals surface area contributed by atoms with Gasteiger partial charge < -0.3 is 15.7 Å². The van der Waals surface area contributed by atoms with Gasteiger partial charge in [-0.1, -0.05) is 0 Å². The van der Waals surface area contributed by atoms with Gasteiger partial charge in [-0.15, -0.1) is 0 Å². The van der Waals surface area contributed by atoms with E-state index in [-0.39, 0.29) is 35.8 Å². The molecule has 0 aromatic carbocycles. The zero-order valence-electron chi connectivity index (χ0n) is 11.5. The lowest BCUT2D eigenvalue weighted by Crippen LogP contribution is -2.48. The summed E-state index contributed by atoms with van der Waals surface area (Å²) in [5.74, 6) is -2.37. The highest BCUT2D eigenvalue weighted by molar-refractivity contribution is 5.93. The highest BCUT2D eigenvalue weighted by atomic mass is 16.4. The summed E-state index contributed by atoms with van der Waals surface area (Å²) in [5, 5.41) is 8.75. The molecule has 0 radical (unpaired) electrons. The normalized spacial score (nSPS) is 21.9. The molecule has 1 aliphatic rings. The molecule has 2 amide bonds. The molecule has 0 bridgehead atoms. The number of likely N-dealkylation sites (tertiary alicyclic amines) is 1. The number of aromatic nitrogens is 2. The first-order chi connectivity index (χ1) is 9.90. The molecule has 0 spiro atoms. The number of carboxylic acid groups (broad SMARTS) is 1. The van der Waals surface area contributed by atoms with Crippen molar-refractivity contribution in [3.05, 3.63) is 23.8 Å². The maximum Gasteiger partial charge on any atom is 0.356 e. The molecule has 1 fully saturated rings. The number of nitrogens with two attached hydrogens (primary N) is 1. The zero-order valence-corrected chi connectivity index (χ0v) is 11.5. The van der Waals surface area contributed by atoms with Crippen LogP contribution in [0.2, 0.25) is 0 Å². The fraction of sp³-hybridized carbons (Fsp3) is 0.462. The molecule has 8 nitrogen and oxygen atoms in total. The molecule has 2 unspecified atom stereocenters. The molecular weight excluding hydrogens is 276 g/mol. The fourth-order valence-corrected chi connectivity index (χ4v) is 2.32. The molecule has 3 N–H and O–H groups in total. The van der Waals surface area contributed by atoms with Crippen LogP contribution in [-0.4, -0.2) is 50.3 Å². The van der Waals surface area contributed by atoms with Gasteiger partial charge in [0.2, 0.25) is 5.91 Å². The van der Waals surface area contributed by atoms with Crippen molar-refractivity contribution in [2.24, 2.45) is 11.7 Å². The Morgan fingerprint density at radius 1 is 1.24 bits per heavy atom. The third-order valence-electron chi connectivity index (χ3n) is 3.64. The first-order valence-electron chi connectivity index (χ1n) is 6.55. The molecule has 1 aromatic rings. The number of amides is 2. The van der Waals surface area contributed by atoms with Crippen molar-refractivity contribution in [1.29, 1.82) is 0 Å². The number of rotatable bonds is 3. The molecular formula is C13H16N4O4. The molecule has 21 heavy (non-hydrogen) atoms. The largest absolute Gasteiger partial charge is 0.476 e. The lowest BCUT2D eigenvalue weighted by atomic mass is 9.92. The Labute approximate surface area is 121 Å². The summed E-state index contributed by atoms with van der Waals surface area (Å²) in [6, 6.07) is -0.0333. The minimum atomic E-state index is -1.21. The van der Waals surface area contributed by atoms with Gasteiger partial charge in [-0.25, -0.2) is 14.8 Å². The Hall–Kier alpha value is -2.51. The Kier molecular flexibility index (Phi) is 4.15. The van der Waals surface area contributed by atoms with Crippen LogP contribution < -0.4 is 5.73 Å². The summed E-state index contributed by atoms with van der Waals surface area (Å²) >= 11 is 0. The maximum absolute atomic E-state index is 12.4. The van der Waals surface area contributed by atoms with Crippen LogP contribution in [0.15, 0.2) is 12.4 Å². The zero-order chi connectivity index (χ0) is 15.6. The maximum atomic E-state index is 12.4. The van der Waals surface area contributed by atoms with Crippen molar-refractivity contribution in [2.75, 3.05) is 6.54 Å². The van der Waals surface area contributed by atoms with Gasteiger partial charge in [-0.2, -0.15) is 0 Å². The third-order valence-corrected chi connectivity index (χ3v) is 3.64. The highest BCUT2D eigenvalue weighted by Gasteiger charge is 2.32. The van der Waals surface area contributed by atoms with Crippen LogP contribution in [-0.2, 0) is 4.79 Å². The van der Waals surface area contributed by atoms with E-state index in [1.165, 1.54) is 4.90 Å². The van der Waals surface area contributed by atoms with E-state index in [1.807, 2.05) is 6.92 Å². The molecule has 1 aliphatic heterocycles. The van der Waals surface area contributed by atoms with Crippen molar-refractivity contribution in [2.45, 2.75) is 25.8 Å². The van der Waals surface area contributed by atoms with Crippen LogP contribution >= 0.6 is 0 Å².